The predicted octanol–water partition coefficient (Wildman–Crippen LogP) is 13.9. The summed E-state index contributed by atoms with van der Waals surface area (Å²) in [5.41, 5.74) is 0. The average Bonchev–Trinajstić information content (AvgIpc) is 3.38. The minimum absolute atomic E-state index is 0.640. The molecule has 0 spiro atoms. The van der Waals surface area contributed by atoms with Crippen molar-refractivity contribution in [1.29, 1.82) is 0 Å². The SMILES string of the molecule is CCCCCCCCCCCCCCCCC1N(CCCCC)C=CN1CCCCCCCCCCCCCCCC. The molecule has 1 rings (SSSR count). The number of nitrogens with zero attached hydrogens (tertiary/aromatic N) is 2. The summed E-state index contributed by atoms with van der Waals surface area (Å²) in [5, 5.41) is 0. The first kappa shape index (κ1) is 39.4. The Hall–Kier alpha value is -0.660. The number of hydrogen-bond donors (Lipinski definition) is 0. The van der Waals surface area contributed by atoms with Gasteiger partial charge in [0.2, 0.25) is 0 Å². The fourth-order valence-corrected chi connectivity index (χ4v) is 6.89. The largest absolute Gasteiger partial charge is 0.356 e. The minimum Gasteiger partial charge on any atom is -0.356 e. The third kappa shape index (κ3) is 23.8. The minimum atomic E-state index is 0.640. The zero-order chi connectivity index (χ0) is 30.2. The van der Waals surface area contributed by atoms with Crippen LogP contribution in [0.25, 0.3) is 0 Å². The van der Waals surface area contributed by atoms with E-state index in [-0.39, 0.29) is 0 Å². The van der Waals surface area contributed by atoms with Gasteiger partial charge < -0.3 is 9.80 Å². The summed E-state index contributed by atoms with van der Waals surface area (Å²) < 4.78 is 0. The third-order valence-corrected chi connectivity index (χ3v) is 9.82. The highest BCUT2D eigenvalue weighted by atomic mass is 15.4. The van der Waals surface area contributed by atoms with E-state index in [1.54, 1.807) is 0 Å². The molecule has 0 aromatic carbocycles. The van der Waals surface area contributed by atoms with Gasteiger partial charge in [0.05, 0.1) is 0 Å². The topological polar surface area (TPSA) is 6.48 Å². The van der Waals surface area contributed by atoms with E-state index in [4.69, 9.17) is 0 Å². The van der Waals surface area contributed by atoms with Crippen LogP contribution in [0.5, 0.6) is 0 Å². The molecule has 1 aliphatic heterocycles. The molecule has 0 aliphatic carbocycles. The molecule has 1 atom stereocenters. The van der Waals surface area contributed by atoms with Crippen LogP contribution in [-0.2, 0) is 0 Å². The second-order valence-corrected chi connectivity index (χ2v) is 13.9. The van der Waals surface area contributed by atoms with Crippen LogP contribution >= 0.6 is 0 Å². The molecule has 0 aromatic rings. The van der Waals surface area contributed by atoms with Crippen LogP contribution in [0, 0.1) is 0 Å². The van der Waals surface area contributed by atoms with E-state index in [1.165, 1.54) is 219 Å². The van der Waals surface area contributed by atoms with E-state index in [1.807, 2.05) is 0 Å². The van der Waals surface area contributed by atoms with Gasteiger partial charge in [-0.05, 0) is 25.7 Å². The molecule has 1 aliphatic rings. The van der Waals surface area contributed by atoms with Crippen molar-refractivity contribution in [2.24, 2.45) is 0 Å². The van der Waals surface area contributed by atoms with Crippen molar-refractivity contribution < 1.29 is 0 Å². The number of rotatable bonds is 34. The summed E-state index contributed by atoms with van der Waals surface area (Å²) in [7, 11) is 0. The predicted molar refractivity (Wildman–Crippen MR) is 191 cm³/mol. The van der Waals surface area contributed by atoms with E-state index in [0.717, 1.165) is 0 Å². The fraction of sp³-hybridized carbons (Fsp3) is 0.950. The van der Waals surface area contributed by atoms with Crippen LogP contribution in [-0.4, -0.2) is 29.1 Å². The van der Waals surface area contributed by atoms with Crippen molar-refractivity contribution in [2.45, 2.75) is 232 Å². The summed E-state index contributed by atoms with van der Waals surface area (Å²) in [5.74, 6) is 0. The molecule has 0 N–H and O–H groups in total. The first-order valence-electron chi connectivity index (χ1n) is 20.0. The van der Waals surface area contributed by atoms with Gasteiger partial charge in [-0.3, -0.25) is 0 Å². The first-order valence-corrected chi connectivity index (χ1v) is 20.0. The lowest BCUT2D eigenvalue weighted by Crippen LogP contribution is -2.39. The lowest BCUT2D eigenvalue weighted by Gasteiger charge is -2.33. The van der Waals surface area contributed by atoms with Crippen LogP contribution in [0.15, 0.2) is 12.4 Å². The molecule has 0 radical (unpaired) electrons. The molecule has 1 unspecified atom stereocenters. The van der Waals surface area contributed by atoms with Crippen LogP contribution in [0.3, 0.4) is 0 Å². The Labute approximate surface area is 267 Å². The highest BCUT2D eigenvalue weighted by molar-refractivity contribution is 4.97. The highest BCUT2D eigenvalue weighted by Crippen LogP contribution is 2.24. The fourth-order valence-electron chi connectivity index (χ4n) is 6.89. The van der Waals surface area contributed by atoms with Gasteiger partial charge in [-0.2, -0.15) is 0 Å². The molecule has 0 saturated carbocycles. The van der Waals surface area contributed by atoms with Gasteiger partial charge >= 0.3 is 0 Å². The molecule has 250 valence electrons. The Kier molecular flexibility index (Phi) is 29.8. The van der Waals surface area contributed by atoms with E-state index in [9.17, 15) is 0 Å². The average molecular weight is 589 g/mol. The van der Waals surface area contributed by atoms with Crippen LogP contribution in [0.2, 0.25) is 0 Å². The molecule has 42 heavy (non-hydrogen) atoms. The molecule has 1 heterocycles. The Balaban J connectivity index is 2.07. The van der Waals surface area contributed by atoms with Gasteiger partial charge in [0.25, 0.3) is 0 Å². The zero-order valence-corrected chi connectivity index (χ0v) is 29.7. The molecule has 0 saturated heterocycles. The van der Waals surface area contributed by atoms with E-state index in [2.05, 4.69) is 43.0 Å². The van der Waals surface area contributed by atoms with E-state index in [0.29, 0.717) is 6.17 Å². The Morgan fingerprint density at radius 3 is 0.881 bits per heavy atom. The molecule has 0 fully saturated rings. The molecular weight excluding hydrogens is 508 g/mol. The lowest BCUT2D eigenvalue weighted by molar-refractivity contribution is 0.135. The van der Waals surface area contributed by atoms with Crippen molar-refractivity contribution in [3.8, 4) is 0 Å². The van der Waals surface area contributed by atoms with E-state index < -0.39 is 0 Å². The summed E-state index contributed by atoms with van der Waals surface area (Å²) in [6, 6.07) is 0. The monoisotopic (exact) mass is 589 g/mol. The van der Waals surface area contributed by atoms with E-state index >= 15 is 0 Å². The maximum atomic E-state index is 2.70. The summed E-state index contributed by atoms with van der Waals surface area (Å²) in [6.07, 6.45) is 51.5. The Morgan fingerprint density at radius 2 is 0.548 bits per heavy atom. The second kappa shape index (κ2) is 31.8. The maximum Gasteiger partial charge on any atom is 0.101 e. The zero-order valence-electron chi connectivity index (χ0n) is 29.7. The normalized spacial score (nSPS) is 15.0. The molecule has 0 bridgehead atoms. The third-order valence-electron chi connectivity index (χ3n) is 9.82. The number of hydrogen-bond acceptors (Lipinski definition) is 2. The van der Waals surface area contributed by atoms with Crippen molar-refractivity contribution in [3.63, 3.8) is 0 Å². The Morgan fingerprint density at radius 1 is 0.310 bits per heavy atom. The second-order valence-electron chi connectivity index (χ2n) is 13.9. The standard InChI is InChI=1S/C40H80N2/c1-4-7-10-12-14-16-18-20-22-24-26-28-30-32-35-40-41(36-33-9-6-3)38-39-42(40)37-34-31-29-27-25-23-21-19-17-15-13-11-8-5-2/h38-40H,4-37H2,1-3H3. The highest BCUT2D eigenvalue weighted by Gasteiger charge is 2.24. The molecule has 2 heteroatoms. The lowest BCUT2D eigenvalue weighted by atomic mass is 10.0. The van der Waals surface area contributed by atoms with Gasteiger partial charge in [0.15, 0.2) is 0 Å². The van der Waals surface area contributed by atoms with Crippen LogP contribution < -0.4 is 0 Å². The molecule has 2 nitrogen and oxygen atoms in total. The van der Waals surface area contributed by atoms with Gasteiger partial charge in [-0.1, -0.05) is 201 Å². The quantitative estimate of drug-likeness (QED) is 0.0690. The molecule has 0 amide bonds. The van der Waals surface area contributed by atoms with Gasteiger partial charge in [-0.15, -0.1) is 0 Å². The smallest absolute Gasteiger partial charge is 0.101 e. The van der Waals surface area contributed by atoms with Gasteiger partial charge in [0.1, 0.15) is 6.17 Å². The summed E-state index contributed by atoms with van der Waals surface area (Å²) in [4.78, 5) is 5.39. The summed E-state index contributed by atoms with van der Waals surface area (Å²) >= 11 is 0. The maximum absolute atomic E-state index is 2.70. The van der Waals surface area contributed by atoms with Crippen LogP contribution in [0.1, 0.15) is 226 Å². The van der Waals surface area contributed by atoms with Gasteiger partial charge in [0, 0.05) is 25.5 Å². The Bertz CT molecular complexity index is 544. The first-order chi connectivity index (χ1) is 20.8. The van der Waals surface area contributed by atoms with Crippen molar-refractivity contribution >= 4 is 0 Å². The number of unbranched alkanes of at least 4 members (excludes halogenated alkanes) is 28. The summed E-state index contributed by atoms with van der Waals surface area (Å²) in [6.45, 7) is 9.47. The van der Waals surface area contributed by atoms with Gasteiger partial charge in [-0.25, -0.2) is 0 Å². The molecule has 0 aromatic heterocycles. The van der Waals surface area contributed by atoms with Crippen LogP contribution in [0.4, 0.5) is 0 Å². The van der Waals surface area contributed by atoms with Crippen molar-refractivity contribution in [2.75, 3.05) is 13.1 Å². The van der Waals surface area contributed by atoms with Crippen molar-refractivity contribution in [3.05, 3.63) is 12.4 Å². The molecular formula is C40H80N2. The van der Waals surface area contributed by atoms with Crippen molar-refractivity contribution in [1.82, 2.24) is 9.80 Å².